The van der Waals surface area contributed by atoms with Crippen LogP contribution in [0.5, 0.6) is 0 Å². The maximum absolute atomic E-state index is 13.5. The highest BCUT2D eigenvalue weighted by atomic mass is 16.2. The second kappa shape index (κ2) is 10.9. The van der Waals surface area contributed by atoms with Gasteiger partial charge in [0.25, 0.3) is 0 Å². The van der Waals surface area contributed by atoms with Gasteiger partial charge >= 0.3 is 0 Å². The third-order valence-corrected chi connectivity index (χ3v) is 5.55. The van der Waals surface area contributed by atoms with Crippen LogP contribution in [0.3, 0.4) is 0 Å². The van der Waals surface area contributed by atoms with Gasteiger partial charge in [-0.1, -0.05) is 93.6 Å². The van der Waals surface area contributed by atoms with Crippen LogP contribution in [-0.4, -0.2) is 18.5 Å². The van der Waals surface area contributed by atoms with Crippen molar-refractivity contribution in [3.05, 3.63) is 90.5 Å². The van der Waals surface area contributed by atoms with Gasteiger partial charge in [0.1, 0.15) is 0 Å². The van der Waals surface area contributed by atoms with Crippen molar-refractivity contribution in [1.29, 1.82) is 0 Å². The largest absolute Gasteiger partial charge is 0.326 e. The number of hydrogen-bond donors (Lipinski definition) is 1. The Morgan fingerprint density at radius 3 is 1.94 bits per heavy atom. The van der Waals surface area contributed by atoms with E-state index in [9.17, 15) is 4.79 Å². The summed E-state index contributed by atoms with van der Waals surface area (Å²) in [6.45, 7) is 6.87. The zero-order valence-electron chi connectivity index (χ0n) is 18.9. The molecule has 0 aliphatic heterocycles. The molecule has 2 atom stereocenters. The molecule has 3 rings (SSSR count). The Bertz CT molecular complexity index is 936. The Labute approximate surface area is 186 Å². The Morgan fingerprint density at radius 2 is 1.35 bits per heavy atom. The number of carbonyl (C=O) groups is 1. The molecule has 0 saturated carbocycles. The number of carbonyl (C=O) groups excluding carboxylic acids is 1. The second-order valence-corrected chi connectivity index (χ2v) is 8.84. The Balaban J connectivity index is 1.82. The number of rotatable bonds is 9. The van der Waals surface area contributed by atoms with Crippen molar-refractivity contribution < 1.29 is 4.79 Å². The molecule has 162 valence electrons. The van der Waals surface area contributed by atoms with Crippen LogP contribution in [0, 0.1) is 11.8 Å². The highest BCUT2D eigenvalue weighted by Crippen LogP contribution is 2.25. The third-order valence-electron chi connectivity index (χ3n) is 5.55. The average Bonchev–Trinajstić information content (AvgIpc) is 2.78. The molecular weight excluding hydrogens is 380 g/mol. The van der Waals surface area contributed by atoms with E-state index in [2.05, 4.69) is 50.2 Å². The summed E-state index contributed by atoms with van der Waals surface area (Å²) in [5, 5.41) is 0. The van der Waals surface area contributed by atoms with Gasteiger partial charge in [-0.25, -0.2) is 0 Å². The maximum Gasteiger partial charge on any atom is 0.230 e. The lowest BCUT2D eigenvalue weighted by molar-refractivity contribution is -0.122. The van der Waals surface area contributed by atoms with Crippen LogP contribution in [0.2, 0.25) is 0 Å². The molecule has 3 aromatic rings. The van der Waals surface area contributed by atoms with Crippen LogP contribution in [0.4, 0.5) is 5.69 Å². The second-order valence-electron chi connectivity index (χ2n) is 8.84. The molecule has 0 aliphatic carbocycles. The van der Waals surface area contributed by atoms with Crippen molar-refractivity contribution in [2.75, 3.05) is 11.4 Å². The molecule has 0 aliphatic rings. The molecule has 2 N–H and O–H groups in total. The Kier molecular flexibility index (Phi) is 8.02. The molecule has 0 heterocycles. The number of amides is 1. The summed E-state index contributed by atoms with van der Waals surface area (Å²) in [6.07, 6.45) is 1.61. The van der Waals surface area contributed by atoms with Crippen molar-refractivity contribution in [2.45, 2.75) is 39.7 Å². The number of anilines is 1. The van der Waals surface area contributed by atoms with Crippen molar-refractivity contribution in [1.82, 2.24) is 0 Å². The quantitative estimate of drug-likeness (QED) is 0.471. The van der Waals surface area contributed by atoms with Crippen LogP contribution >= 0.6 is 0 Å². The molecule has 0 aromatic heterocycles. The minimum absolute atomic E-state index is 0.0540. The van der Waals surface area contributed by atoms with E-state index in [0.717, 1.165) is 24.1 Å². The van der Waals surface area contributed by atoms with Crippen LogP contribution in [0.25, 0.3) is 11.1 Å². The fourth-order valence-corrected chi connectivity index (χ4v) is 4.02. The molecule has 1 unspecified atom stereocenters. The van der Waals surface area contributed by atoms with Gasteiger partial charge in [-0.15, -0.1) is 0 Å². The predicted octanol–water partition coefficient (Wildman–Crippen LogP) is 5.94. The SMILES string of the molecule is CC(C)C[C@H](N)CN(C(=O)C(C)Cc1ccccc1)c1ccc(-c2ccccc2)cc1. The number of benzene rings is 3. The molecule has 31 heavy (non-hydrogen) atoms. The molecule has 1 amide bonds. The summed E-state index contributed by atoms with van der Waals surface area (Å²) in [6, 6.07) is 28.7. The lowest BCUT2D eigenvalue weighted by Crippen LogP contribution is -2.44. The van der Waals surface area contributed by atoms with Gasteiger partial charge in [-0.2, -0.15) is 0 Å². The Morgan fingerprint density at radius 1 is 0.806 bits per heavy atom. The van der Waals surface area contributed by atoms with Crippen LogP contribution in [0.1, 0.15) is 32.8 Å². The summed E-state index contributed by atoms with van der Waals surface area (Å²) in [5.74, 6) is 0.493. The summed E-state index contributed by atoms with van der Waals surface area (Å²) in [7, 11) is 0. The fourth-order valence-electron chi connectivity index (χ4n) is 4.02. The average molecular weight is 415 g/mol. The molecular formula is C28H34N2O. The Hall–Kier alpha value is -2.91. The molecule has 3 nitrogen and oxygen atoms in total. The first kappa shape index (κ1) is 22.8. The van der Waals surface area contributed by atoms with Crippen LogP contribution in [-0.2, 0) is 11.2 Å². The molecule has 0 radical (unpaired) electrons. The van der Waals surface area contributed by atoms with Crippen LogP contribution in [0.15, 0.2) is 84.9 Å². The molecule has 3 heteroatoms. The number of hydrogen-bond acceptors (Lipinski definition) is 2. The zero-order chi connectivity index (χ0) is 22.2. The van der Waals surface area contributed by atoms with Crippen molar-refractivity contribution in [3.63, 3.8) is 0 Å². The summed E-state index contributed by atoms with van der Waals surface area (Å²) >= 11 is 0. The van der Waals surface area contributed by atoms with Crippen LogP contribution < -0.4 is 10.6 Å². The van der Waals surface area contributed by atoms with E-state index in [4.69, 9.17) is 5.73 Å². The highest BCUT2D eigenvalue weighted by Gasteiger charge is 2.24. The van der Waals surface area contributed by atoms with Gasteiger partial charge in [0.05, 0.1) is 0 Å². The van der Waals surface area contributed by atoms with E-state index in [0.29, 0.717) is 12.5 Å². The van der Waals surface area contributed by atoms with Crippen molar-refractivity contribution in [3.8, 4) is 11.1 Å². The minimum atomic E-state index is -0.123. The standard InChI is InChI=1S/C28H34N2O/c1-21(2)18-26(29)20-30(28(31)22(3)19-23-10-6-4-7-11-23)27-16-14-25(15-17-27)24-12-8-5-9-13-24/h4-17,21-22,26H,18-20,29H2,1-3H3/t22?,26-/m0/s1. The van der Waals surface area contributed by atoms with Gasteiger partial charge < -0.3 is 10.6 Å². The van der Waals surface area contributed by atoms with Gasteiger partial charge in [-0.05, 0) is 47.6 Å². The van der Waals surface area contributed by atoms with Crippen molar-refractivity contribution in [2.24, 2.45) is 17.6 Å². The number of nitrogens with two attached hydrogens (primary N) is 1. The van der Waals surface area contributed by atoms with E-state index < -0.39 is 0 Å². The third kappa shape index (κ3) is 6.53. The molecule has 3 aromatic carbocycles. The van der Waals surface area contributed by atoms with Gasteiger partial charge in [0.2, 0.25) is 5.91 Å². The molecule has 0 fully saturated rings. The smallest absolute Gasteiger partial charge is 0.230 e. The molecule has 0 bridgehead atoms. The number of nitrogens with zero attached hydrogens (tertiary/aromatic N) is 1. The summed E-state index contributed by atoms with van der Waals surface area (Å²) in [5.41, 5.74) is 10.8. The van der Waals surface area contributed by atoms with Gasteiger partial charge in [-0.3, -0.25) is 4.79 Å². The zero-order valence-corrected chi connectivity index (χ0v) is 18.9. The summed E-state index contributed by atoms with van der Waals surface area (Å²) in [4.78, 5) is 15.4. The van der Waals surface area contributed by atoms with Crippen molar-refractivity contribution >= 4 is 11.6 Å². The summed E-state index contributed by atoms with van der Waals surface area (Å²) < 4.78 is 0. The van der Waals surface area contributed by atoms with Gasteiger partial charge in [0.15, 0.2) is 0 Å². The topological polar surface area (TPSA) is 46.3 Å². The first-order valence-electron chi connectivity index (χ1n) is 11.2. The van der Waals surface area contributed by atoms with E-state index >= 15 is 0 Å². The highest BCUT2D eigenvalue weighted by molar-refractivity contribution is 5.95. The molecule has 0 spiro atoms. The normalized spacial score (nSPS) is 13.1. The van der Waals surface area contributed by atoms with E-state index in [1.807, 2.05) is 60.4 Å². The van der Waals surface area contributed by atoms with E-state index in [1.54, 1.807) is 0 Å². The van der Waals surface area contributed by atoms with Gasteiger partial charge in [0, 0.05) is 24.2 Å². The monoisotopic (exact) mass is 414 g/mol. The maximum atomic E-state index is 13.5. The van der Waals surface area contributed by atoms with E-state index in [1.165, 1.54) is 11.1 Å². The lowest BCUT2D eigenvalue weighted by Gasteiger charge is -2.29. The van der Waals surface area contributed by atoms with E-state index in [-0.39, 0.29) is 17.9 Å². The first-order valence-corrected chi connectivity index (χ1v) is 11.2. The fraction of sp³-hybridized carbons (Fsp3) is 0.321. The molecule has 0 saturated heterocycles. The predicted molar refractivity (Wildman–Crippen MR) is 131 cm³/mol. The lowest BCUT2D eigenvalue weighted by atomic mass is 9.98. The minimum Gasteiger partial charge on any atom is -0.326 e. The first-order chi connectivity index (χ1) is 14.9.